The Kier molecular flexibility index (Phi) is 5.16. The molecule has 22 heavy (non-hydrogen) atoms. The molecular formula is C15H19F2NO3S. The van der Waals surface area contributed by atoms with E-state index in [0.717, 1.165) is 31.4 Å². The van der Waals surface area contributed by atoms with Crippen molar-refractivity contribution in [2.45, 2.75) is 50.2 Å². The number of benzene rings is 1. The molecule has 4 nitrogen and oxygen atoms in total. The van der Waals surface area contributed by atoms with E-state index in [1.165, 1.54) is 13.0 Å². The van der Waals surface area contributed by atoms with Gasteiger partial charge in [-0.3, -0.25) is 9.52 Å². The van der Waals surface area contributed by atoms with Gasteiger partial charge in [0.1, 0.15) is 11.6 Å². The topological polar surface area (TPSA) is 63.2 Å². The van der Waals surface area contributed by atoms with E-state index < -0.39 is 44.3 Å². The van der Waals surface area contributed by atoms with Crippen molar-refractivity contribution in [3.8, 4) is 0 Å². The minimum absolute atomic E-state index is 0.418. The Morgan fingerprint density at radius 1 is 1.18 bits per heavy atom. The zero-order valence-electron chi connectivity index (χ0n) is 12.3. The Bertz CT molecular complexity index is 635. The SMILES string of the molecule is CC(C(=O)NS(=O)(=O)C1CCCCC1)c1c(F)cccc1F. The number of hydrogen-bond donors (Lipinski definition) is 1. The standard InChI is InChI=1S/C15H19F2NO3S/c1-10(14-12(16)8-5-9-13(14)17)15(19)18-22(20,21)11-6-3-2-4-7-11/h5,8-11H,2-4,6-7H2,1H3,(H,18,19). The summed E-state index contributed by atoms with van der Waals surface area (Å²) in [6.45, 7) is 1.28. The Morgan fingerprint density at radius 2 is 1.73 bits per heavy atom. The van der Waals surface area contributed by atoms with Crippen molar-refractivity contribution in [3.05, 3.63) is 35.4 Å². The number of nitrogens with one attached hydrogen (secondary N) is 1. The van der Waals surface area contributed by atoms with Gasteiger partial charge in [0, 0.05) is 5.56 Å². The summed E-state index contributed by atoms with van der Waals surface area (Å²) >= 11 is 0. The lowest BCUT2D eigenvalue weighted by Crippen LogP contribution is -2.41. The molecule has 1 aromatic carbocycles. The molecule has 1 atom stereocenters. The lowest BCUT2D eigenvalue weighted by molar-refractivity contribution is -0.120. The number of carbonyl (C=O) groups is 1. The minimum Gasteiger partial charge on any atom is -0.273 e. The van der Waals surface area contributed by atoms with E-state index in [0.29, 0.717) is 12.8 Å². The Morgan fingerprint density at radius 3 is 2.27 bits per heavy atom. The van der Waals surface area contributed by atoms with Crippen LogP contribution in [0.1, 0.15) is 50.5 Å². The maximum absolute atomic E-state index is 13.7. The second-order valence-electron chi connectivity index (χ2n) is 5.63. The summed E-state index contributed by atoms with van der Waals surface area (Å²) in [5.74, 6) is -3.86. The molecule has 1 N–H and O–H groups in total. The second kappa shape index (κ2) is 6.73. The normalized spacial score (nSPS) is 18.0. The number of hydrogen-bond acceptors (Lipinski definition) is 3. The van der Waals surface area contributed by atoms with Gasteiger partial charge in [-0.2, -0.15) is 0 Å². The Hall–Kier alpha value is -1.50. The largest absolute Gasteiger partial charge is 0.273 e. The lowest BCUT2D eigenvalue weighted by Gasteiger charge is -2.23. The van der Waals surface area contributed by atoms with Crippen LogP contribution in [0.3, 0.4) is 0 Å². The summed E-state index contributed by atoms with van der Waals surface area (Å²) in [5, 5.41) is -0.608. The van der Waals surface area contributed by atoms with E-state index in [2.05, 4.69) is 0 Å². The average molecular weight is 331 g/mol. The van der Waals surface area contributed by atoms with Crippen LogP contribution in [0.25, 0.3) is 0 Å². The molecule has 0 spiro atoms. The molecule has 0 saturated heterocycles. The fraction of sp³-hybridized carbons (Fsp3) is 0.533. The first-order valence-corrected chi connectivity index (χ1v) is 8.87. The van der Waals surface area contributed by atoms with Crippen LogP contribution in [0.4, 0.5) is 8.78 Å². The Labute approximate surface area is 129 Å². The van der Waals surface area contributed by atoms with Crippen LogP contribution in [0.2, 0.25) is 0 Å². The summed E-state index contributed by atoms with van der Waals surface area (Å²) in [6, 6.07) is 3.27. The van der Waals surface area contributed by atoms with E-state index in [1.54, 1.807) is 0 Å². The molecule has 1 unspecified atom stereocenters. The fourth-order valence-electron chi connectivity index (χ4n) is 2.74. The van der Waals surface area contributed by atoms with Crippen molar-refractivity contribution < 1.29 is 22.0 Å². The van der Waals surface area contributed by atoms with Crippen molar-refractivity contribution >= 4 is 15.9 Å². The van der Waals surface area contributed by atoms with E-state index >= 15 is 0 Å². The predicted octanol–water partition coefficient (Wildman–Crippen LogP) is 2.85. The molecule has 0 radical (unpaired) electrons. The molecule has 1 aliphatic carbocycles. The third kappa shape index (κ3) is 3.63. The van der Waals surface area contributed by atoms with Gasteiger partial charge in [-0.15, -0.1) is 0 Å². The van der Waals surface area contributed by atoms with Gasteiger partial charge in [0.25, 0.3) is 0 Å². The van der Waals surface area contributed by atoms with Crippen LogP contribution in [0, 0.1) is 11.6 Å². The first-order valence-electron chi connectivity index (χ1n) is 7.32. The highest BCUT2D eigenvalue weighted by atomic mass is 32.2. The molecule has 7 heteroatoms. The van der Waals surface area contributed by atoms with Gasteiger partial charge in [-0.25, -0.2) is 17.2 Å². The van der Waals surface area contributed by atoms with E-state index in [1.807, 2.05) is 4.72 Å². The highest BCUT2D eigenvalue weighted by molar-refractivity contribution is 7.90. The van der Waals surface area contributed by atoms with Crippen molar-refractivity contribution in [3.63, 3.8) is 0 Å². The molecule has 1 aliphatic rings. The summed E-state index contributed by atoms with van der Waals surface area (Å²) in [7, 11) is -3.81. The van der Waals surface area contributed by atoms with Crippen molar-refractivity contribution in [1.82, 2.24) is 4.72 Å². The molecule has 1 saturated carbocycles. The average Bonchev–Trinajstić information content (AvgIpc) is 2.47. The number of halogens is 2. The lowest BCUT2D eigenvalue weighted by atomic mass is 9.99. The summed E-state index contributed by atoms with van der Waals surface area (Å²) in [6.07, 6.45) is 3.60. The van der Waals surface area contributed by atoms with E-state index in [-0.39, 0.29) is 0 Å². The number of rotatable bonds is 4. The first kappa shape index (κ1) is 16.9. The van der Waals surface area contributed by atoms with Crippen molar-refractivity contribution in [1.29, 1.82) is 0 Å². The predicted molar refractivity (Wildman–Crippen MR) is 78.7 cm³/mol. The highest BCUT2D eigenvalue weighted by Gasteiger charge is 2.31. The van der Waals surface area contributed by atoms with Crippen LogP contribution in [-0.2, 0) is 14.8 Å². The van der Waals surface area contributed by atoms with Gasteiger partial charge in [-0.05, 0) is 31.9 Å². The van der Waals surface area contributed by atoms with E-state index in [9.17, 15) is 22.0 Å². The molecule has 1 fully saturated rings. The minimum atomic E-state index is -3.81. The molecule has 1 amide bonds. The fourth-order valence-corrected chi connectivity index (χ4v) is 4.32. The third-order valence-electron chi connectivity index (χ3n) is 4.06. The van der Waals surface area contributed by atoms with E-state index in [4.69, 9.17) is 0 Å². The molecule has 0 heterocycles. The molecular weight excluding hydrogens is 312 g/mol. The number of amides is 1. The molecule has 122 valence electrons. The first-order chi connectivity index (χ1) is 10.3. The summed E-state index contributed by atoms with van der Waals surface area (Å²) in [4.78, 5) is 12.1. The van der Waals surface area contributed by atoms with Gasteiger partial charge in [-0.1, -0.05) is 25.3 Å². The van der Waals surface area contributed by atoms with Crippen molar-refractivity contribution in [2.24, 2.45) is 0 Å². The van der Waals surface area contributed by atoms with Crippen molar-refractivity contribution in [2.75, 3.05) is 0 Å². The second-order valence-corrected chi connectivity index (χ2v) is 7.59. The molecule has 0 aromatic heterocycles. The van der Waals surface area contributed by atoms with Crippen LogP contribution in [0.5, 0.6) is 0 Å². The van der Waals surface area contributed by atoms with Crippen LogP contribution >= 0.6 is 0 Å². The Balaban J connectivity index is 2.14. The zero-order chi connectivity index (χ0) is 16.3. The summed E-state index contributed by atoms with van der Waals surface area (Å²) < 4.78 is 53.7. The third-order valence-corrected chi connectivity index (χ3v) is 5.89. The monoisotopic (exact) mass is 331 g/mol. The van der Waals surface area contributed by atoms with Gasteiger partial charge >= 0.3 is 0 Å². The molecule has 1 aromatic rings. The molecule has 0 aliphatic heterocycles. The maximum Gasteiger partial charge on any atom is 0.240 e. The van der Waals surface area contributed by atoms with Gasteiger partial charge in [0.2, 0.25) is 15.9 Å². The molecule has 0 bridgehead atoms. The van der Waals surface area contributed by atoms with Gasteiger partial charge in [0.15, 0.2) is 0 Å². The van der Waals surface area contributed by atoms with Crippen LogP contribution in [0.15, 0.2) is 18.2 Å². The van der Waals surface area contributed by atoms with Gasteiger partial charge < -0.3 is 0 Å². The maximum atomic E-state index is 13.7. The quantitative estimate of drug-likeness (QED) is 0.923. The summed E-state index contributed by atoms with van der Waals surface area (Å²) in [5.41, 5.74) is -0.418. The number of sulfonamides is 1. The van der Waals surface area contributed by atoms with Gasteiger partial charge in [0.05, 0.1) is 11.2 Å². The van der Waals surface area contributed by atoms with Crippen LogP contribution in [-0.4, -0.2) is 19.6 Å². The molecule has 2 rings (SSSR count). The van der Waals surface area contributed by atoms with Crippen LogP contribution < -0.4 is 4.72 Å². The number of carbonyl (C=O) groups excluding carboxylic acids is 1. The highest BCUT2D eigenvalue weighted by Crippen LogP contribution is 2.25. The smallest absolute Gasteiger partial charge is 0.240 e. The zero-order valence-corrected chi connectivity index (χ0v) is 13.1.